The second-order valence-corrected chi connectivity index (χ2v) is 5.67. The Bertz CT molecular complexity index is 456. The second-order valence-electron chi connectivity index (χ2n) is 5.67. The lowest BCUT2D eigenvalue weighted by molar-refractivity contribution is 0.247. The normalized spacial score (nSPS) is 17.9. The van der Waals surface area contributed by atoms with Gasteiger partial charge in [0, 0.05) is 6.54 Å². The van der Waals surface area contributed by atoms with Gasteiger partial charge >= 0.3 is 6.03 Å². The zero-order valence-electron chi connectivity index (χ0n) is 12.7. The summed E-state index contributed by atoms with van der Waals surface area (Å²) in [7, 11) is 0. The molecule has 1 saturated heterocycles. The monoisotopic (exact) mass is 274 g/mol. The molecule has 1 aliphatic rings. The SMILES string of the molecule is CCCCCc1cc(CC2CNC(=O)N2)ccc1CC. The summed E-state index contributed by atoms with van der Waals surface area (Å²) < 4.78 is 0. The summed E-state index contributed by atoms with van der Waals surface area (Å²) >= 11 is 0. The largest absolute Gasteiger partial charge is 0.336 e. The summed E-state index contributed by atoms with van der Waals surface area (Å²) in [5, 5.41) is 5.77. The number of nitrogens with one attached hydrogen (secondary N) is 2. The van der Waals surface area contributed by atoms with Gasteiger partial charge in [0.05, 0.1) is 6.04 Å². The molecule has 1 aliphatic heterocycles. The second kappa shape index (κ2) is 7.32. The van der Waals surface area contributed by atoms with Crippen LogP contribution in [0.2, 0.25) is 0 Å². The number of carbonyl (C=O) groups excluding carboxylic acids is 1. The molecule has 0 radical (unpaired) electrons. The molecule has 3 heteroatoms. The van der Waals surface area contributed by atoms with Crippen LogP contribution >= 0.6 is 0 Å². The molecule has 0 bridgehead atoms. The molecule has 1 atom stereocenters. The number of aryl methyl sites for hydroxylation is 2. The maximum Gasteiger partial charge on any atom is 0.315 e. The zero-order valence-corrected chi connectivity index (χ0v) is 12.7. The number of amides is 2. The summed E-state index contributed by atoms with van der Waals surface area (Å²) in [6.45, 7) is 5.20. The van der Waals surface area contributed by atoms with Crippen molar-refractivity contribution in [2.45, 2.75) is 58.4 Å². The Morgan fingerprint density at radius 1 is 1.20 bits per heavy atom. The molecule has 2 rings (SSSR count). The van der Waals surface area contributed by atoms with Crippen LogP contribution in [0.5, 0.6) is 0 Å². The summed E-state index contributed by atoms with van der Waals surface area (Å²) in [6, 6.07) is 7.02. The molecule has 3 nitrogen and oxygen atoms in total. The van der Waals surface area contributed by atoms with E-state index in [4.69, 9.17) is 0 Å². The number of urea groups is 1. The van der Waals surface area contributed by atoms with Crippen LogP contribution in [0, 0.1) is 0 Å². The zero-order chi connectivity index (χ0) is 14.4. The molecular weight excluding hydrogens is 248 g/mol. The fourth-order valence-corrected chi connectivity index (χ4v) is 2.86. The van der Waals surface area contributed by atoms with Crippen LogP contribution in [0.25, 0.3) is 0 Å². The van der Waals surface area contributed by atoms with Gasteiger partial charge in [-0.1, -0.05) is 44.9 Å². The van der Waals surface area contributed by atoms with Crippen molar-refractivity contribution < 1.29 is 4.79 Å². The highest BCUT2D eigenvalue weighted by atomic mass is 16.2. The molecule has 1 aromatic rings. The minimum Gasteiger partial charge on any atom is -0.336 e. The van der Waals surface area contributed by atoms with E-state index in [0.29, 0.717) is 0 Å². The predicted octanol–water partition coefficient (Wildman–Crippen LogP) is 3.21. The van der Waals surface area contributed by atoms with Crippen LogP contribution in [0.4, 0.5) is 4.79 Å². The van der Waals surface area contributed by atoms with Gasteiger partial charge in [-0.2, -0.15) is 0 Å². The van der Waals surface area contributed by atoms with Crippen molar-refractivity contribution in [3.8, 4) is 0 Å². The molecule has 2 amide bonds. The maximum absolute atomic E-state index is 11.2. The molecule has 1 unspecified atom stereocenters. The van der Waals surface area contributed by atoms with Gasteiger partial charge in [-0.15, -0.1) is 0 Å². The van der Waals surface area contributed by atoms with Gasteiger partial charge in [-0.3, -0.25) is 0 Å². The first-order valence-electron chi connectivity index (χ1n) is 7.88. The number of hydrogen-bond donors (Lipinski definition) is 2. The molecule has 0 aromatic heterocycles. The van der Waals surface area contributed by atoms with E-state index in [2.05, 4.69) is 42.7 Å². The highest BCUT2D eigenvalue weighted by Crippen LogP contribution is 2.17. The Labute approximate surface area is 122 Å². The van der Waals surface area contributed by atoms with E-state index in [1.807, 2.05) is 0 Å². The molecule has 0 spiro atoms. The first-order valence-corrected chi connectivity index (χ1v) is 7.88. The smallest absolute Gasteiger partial charge is 0.315 e. The van der Waals surface area contributed by atoms with E-state index < -0.39 is 0 Å². The van der Waals surface area contributed by atoms with E-state index in [-0.39, 0.29) is 12.1 Å². The van der Waals surface area contributed by atoms with Crippen molar-refractivity contribution in [3.05, 3.63) is 34.9 Å². The Morgan fingerprint density at radius 3 is 2.70 bits per heavy atom. The van der Waals surface area contributed by atoms with Crippen LogP contribution in [0.15, 0.2) is 18.2 Å². The fourth-order valence-electron chi connectivity index (χ4n) is 2.86. The molecule has 110 valence electrons. The van der Waals surface area contributed by atoms with Crippen molar-refractivity contribution in [3.63, 3.8) is 0 Å². The van der Waals surface area contributed by atoms with E-state index in [0.717, 1.165) is 19.4 Å². The number of unbranched alkanes of at least 4 members (excludes halogenated alkanes) is 2. The summed E-state index contributed by atoms with van der Waals surface area (Å²) in [5.41, 5.74) is 4.30. The minimum absolute atomic E-state index is 0.0386. The minimum atomic E-state index is -0.0386. The molecule has 1 fully saturated rings. The lowest BCUT2D eigenvalue weighted by atomic mass is 9.95. The Morgan fingerprint density at radius 2 is 2.05 bits per heavy atom. The third kappa shape index (κ3) is 3.99. The molecule has 1 aromatic carbocycles. The summed E-state index contributed by atoms with van der Waals surface area (Å²) in [5.74, 6) is 0. The lowest BCUT2D eigenvalue weighted by Gasteiger charge is -2.13. The Hall–Kier alpha value is -1.51. The van der Waals surface area contributed by atoms with Crippen LogP contribution in [-0.4, -0.2) is 18.6 Å². The molecule has 20 heavy (non-hydrogen) atoms. The van der Waals surface area contributed by atoms with Crippen molar-refractivity contribution in [2.24, 2.45) is 0 Å². The molecule has 0 saturated carbocycles. The van der Waals surface area contributed by atoms with Gasteiger partial charge in [0.25, 0.3) is 0 Å². The van der Waals surface area contributed by atoms with Crippen LogP contribution < -0.4 is 10.6 Å². The first-order chi connectivity index (χ1) is 9.72. The quantitative estimate of drug-likeness (QED) is 0.737. The van der Waals surface area contributed by atoms with Gasteiger partial charge in [0.1, 0.15) is 0 Å². The van der Waals surface area contributed by atoms with Crippen molar-refractivity contribution in [1.82, 2.24) is 10.6 Å². The van der Waals surface area contributed by atoms with Gasteiger partial charge in [-0.25, -0.2) is 4.79 Å². The molecule has 0 aliphatic carbocycles. The molecular formula is C17H26N2O. The van der Waals surface area contributed by atoms with Gasteiger partial charge in [0.2, 0.25) is 0 Å². The lowest BCUT2D eigenvalue weighted by Crippen LogP contribution is -2.28. The average molecular weight is 274 g/mol. The van der Waals surface area contributed by atoms with Crippen LogP contribution in [-0.2, 0) is 19.3 Å². The molecule has 2 N–H and O–H groups in total. The fraction of sp³-hybridized carbons (Fsp3) is 0.588. The number of benzene rings is 1. The number of carbonyl (C=O) groups is 1. The first kappa shape index (κ1) is 14.9. The van der Waals surface area contributed by atoms with E-state index >= 15 is 0 Å². The van der Waals surface area contributed by atoms with E-state index in [1.54, 1.807) is 0 Å². The van der Waals surface area contributed by atoms with E-state index in [9.17, 15) is 4.79 Å². The molecule has 1 heterocycles. The average Bonchev–Trinajstić information content (AvgIpc) is 2.85. The topological polar surface area (TPSA) is 41.1 Å². The predicted molar refractivity (Wildman–Crippen MR) is 83.1 cm³/mol. The van der Waals surface area contributed by atoms with Crippen molar-refractivity contribution in [2.75, 3.05) is 6.54 Å². The number of hydrogen-bond acceptors (Lipinski definition) is 1. The highest BCUT2D eigenvalue weighted by Gasteiger charge is 2.20. The van der Waals surface area contributed by atoms with Crippen molar-refractivity contribution >= 4 is 6.03 Å². The summed E-state index contributed by atoms with van der Waals surface area (Å²) in [4.78, 5) is 11.2. The van der Waals surface area contributed by atoms with Crippen LogP contribution in [0.1, 0.15) is 49.8 Å². The standard InChI is InChI=1S/C17H26N2O/c1-3-5-6-7-15-10-13(8-9-14(15)4-2)11-16-12-18-17(20)19-16/h8-10,16H,3-7,11-12H2,1-2H3,(H2,18,19,20). The Balaban J connectivity index is 2.02. The highest BCUT2D eigenvalue weighted by molar-refractivity contribution is 5.76. The van der Waals surface area contributed by atoms with Gasteiger partial charge in [-0.05, 0) is 42.4 Å². The van der Waals surface area contributed by atoms with Gasteiger partial charge in [0.15, 0.2) is 0 Å². The number of rotatable bonds is 7. The Kier molecular flexibility index (Phi) is 5.45. The third-order valence-corrected chi connectivity index (χ3v) is 4.03. The van der Waals surface area contributed by atoms with E-state index in [1.165, 1.54) is 42.4 Å². The van der Waals surface area contributed by atoms with Crippen LogP contribution in [0.3, 0.4) is 0 Å². The third-order valence-electron chi connectivity index (χ3n) is 4.03. The van der Waals surface area contributed by atoms with Gasteiger partial charge < -0.3 is 10.6 Å². The maximum atomic E-state index is 11.2. The van der Waals surface area contributed by atoms with Crippen molar-refractivity contribution in [1.29, 1.82) is 0 Å². The summed E-state index contributed by atoms with van der Waals surface area (Å²) in [6.07, 6.45) is 7.04.